The van der Waals surface area contributed by atoms with Gasteiger partial charge >= 0.3 is 6.18 Å². The fourth-order valence-corrected chi connectivity index (χ4v) is 4.43. The first-order chi connectivity index (χ1) is 19.5. The third kappa shape index (κ3) is 9.33. The van der Waals surface area contributed by atoms with Gasteiger partial charge in [-0.2, -0.15) is 13.2 Å². The summed E-state index contributed by atoms with van der Waals surface area (Å²) in [5.74, 6) is -6.07. The number of Topliss-reactive ketones (excluding diaryl/α,β-unsaturated/α-hetero) is 1. The lowest BCUT2D eigenvalue weighted by Crippen LogP contribution is -2.62. The number of primary amides is 1. The molecule has 1 aromatic rings. The van der Waals surface area contributed by atoms with E-state index in [1.165, 1.54) is 51.3 Å². The first-order valence-corrected chi connectivity index (χ1v) is 13.4. The van der Waals surface area contributed by atoms with Crippen molar-refractivity contribution in [1.82, 2.24) is 16.0 Å². The van der Waals surface area contributed by atoms with Gasteiger partial charge in [-0.1, -0.05) is 44.5 Å². The number of hydrogen-bond acceptors (Lipinski definition) is 6. The molecule has 5 N–H and O–H groups in total. The van der Waals surface area contributed by atoms with E-state index in [1.807, 2.05) is 0 Å². The summed E-state index contributed by atoms with van der Waals surface area (Å²) in [7, 11) is 1.42. The van der Waals surface area contributed by atoms with Gasteiger partial charge in [-0.25, -0.2) is 0 Å². The first-order valence-electron chi connectivity index (χ1n) is 13.0. The summed E-state index contributed by atoms with van der Waals surface area (Å²) in [6.07, 6.45) is -0.946. The SMILES string of the molecule is COC1=CCC(C)([C@H](NC(=O)[C@H](CCC(N)=O)NC(=O)c2cccc(Cl)c2)C(=O)N[C@H](C(=O)C(F)(F)F)C(C)C)C=C1. The predicted octanol–water partition coefficient (Wildman–Crippen LogP) is 2.96. The quantitative estimate of drug-likeness (QED) is 0.268. The Hall–Kier alpha value is -3.87. The number of ketones is 1. The molecule has 14 heteroatoms. The van der Waals surface area contributed by atoms with Crippen molar-refractivity contribution in [2.75, 3.05) is 7.11 Å². The maximum Gasteiger partial charge on any atom is 0.452 e. The molecule has 0 aromatic heterocycles. The molecule has 230 valence electrons. The van der Waals surface area contributed by atoms with E-state index in [0.717, 1.165) is 0 Å². The van der Waals surface area contributed by atoms with Gasteiger partial charge in [-0.15, -0.1) is 0 Å². The van der Waals surface area contributed by atoms with Crippen LogP contribution in [0.15, 0.2) is 48.3 Å². The summed E-state index contributed by atoms with van der Waals surface area (Å²) in [5, 5.41) is 7.41. The molecule has 42 heavy (non-hydrogen) atoms. The third-order valence-electron chi connectivity index (χ3n) is 6.73. The maximum absolute atomic E-state index is 13.5. The van der Waals surface area contributed by atoms with E-state index >= 15 is 0 Å². The van der Waals surface area contributed by atoms with E-state index in [0.29, 0.717) is 5.76 Å². The fraction of sp³-hybridized carbons (Fsp3) is 0.464. The number of carbonyl (C=O) groups excluding carboxylic acids is 5. The number of nitrogens with one attached hydrogen (secondary N) is 3. The topological polar surface area (TPSA) is 157 Å². The van der Waals surface area contributed by atoms with Crippen LogP contribution < -0.4 is 21.7 Å². The van der Waals surface area contributed by atoms with E-state index in [1.54, 1.807) is 19.1 Å². The zero-order valence-electron chi connectivity index (χ0n) is 23.5. The minimum Gasteiger partial charge on any atom is -0.497 e. The summed E-state index contributed by atoms with van der Waals surface area (Å²) >= 11 is 5.95. The van der Waals surface area contributed by atoms with Crippen molar-refractivity contribution in [3.8, 4) is 0 Å². The number of carbonyl (C=O) groups is 5. The molecule has 2 rings (SSSR count). The van der Waals surface area contributed by atoms with Gasteiger partial charge in [0, 0.05) is 22.4 Å². The Morgan fingerprint density at radius 2 is 1.76 bits per heavy atom. The molecule has 1 unspecified atom stereocenters. The van der Waals surface area contributed by atoms with Crippen LogP contribution in [0.5, 0.6) is 0 Å². The van der Waals surface area contributed by atoms with E-state index in [9.17, 15) is 37.1 Å². The molecule has 0 bridgehead atoms. The van der Waals surface area contributed by atoms with Crippen molar-refractivity contribution in [2.24, 2.45) is 17.1 Å². The summed E-state index contributed by atoms with van der Waals surface area (Å²) in [5.41, 5.74) is 4.16. The Balaban J connectivity index is 2.43. The molecule has 0 radical (unpaired) electrons. The number of amides is 4. The molecule has 4 amide bonds. The van der Waals surface area contributed by atoms with Gasteiger partial charge in [-0.3, -0.25) is 24.0 Å². The second kappa shape index (κ2) is 14.3. The van der Waals surface area contributed by atoms with Gasteiger partial charge < -0.3 is 26.4 Å². The van der Waals surface area contributed by atoms with Crippen LogP contribution in [0.1, 0.15) is 50.4 Å². The van der Waals surface area contributed by atoms with Crippen molar-refractivity contribution in [3.63, 3.8) is 0 Å². The van der Waals surface area contributed by atoms with Gasteiger partial charge in [0.25, 0.3) is 11.7 Å². The zero-order chi connectivity index (χ0) is 31.8. The summed E-state index contributed by atoms with van der Waals surface area (Å²) < 4.78 is 45.0. The molecule has 4 atom stereocenters. The first kappa shape index (κ1) is 34.3. The highest BCUT2D eigenvalue weighted by Crippen LogP contribution is 2.34. The molecule has 0 fully saturated rings. The lowest BCUT2D eigenvalue weighted by atomic mass is 9.75. The van der Waals surface area contributed by atoms with Crippen LogP contribution in [0.2, 0.25) is 5.02 Å². The number of allylic oxidation sites excluding steroid dienone is 2. The molecule has 0 spiro atoms. The van der Waals surface area contributed by atoms with Crippen molar-refractivity contribution >= 4 is 41.0 Å². The molecule has 1 aliphatic rings. The van der Waals surface area contributed by atoms with Crippen molar-refractivity contribution < 1.29 is 41.9 Å². The highest BCUT2D eigenvalue weighted by atomic mass is 35.5. The van der Waals surface area contributed by atoms with Crippen LogP contribution in [0.3, 0.4) is 0 Å². The third-order valence-corrected chi connectivity index (χ3v) is 6.96. The number of halogens is 4. The van der Waals surface area contributed by atoms with E-state index in [2.05, 4.69) is 16.0 Å². The number of nitrogens with two attached hydrogens (primary N) is 1. The Kier molecular flexibility index (Phi) is 11.7. The lowest BCUT2D eigenvalue weighted by Gasteiger charge is -2.37. The van der Waals surface area contributed by atoms with Gasteiger partial charge in [0.2, 0.25) is 17.7 Å². The van der Waals surface area contributed by atoms with Crippen LogP contribution in [0, 0.1) is 11.3 Å². The minimum atomic E-state index is -5.21. The molecule has 0 saturated heterocycles. The number of alkyl halides is 3. The van der Waals surface area contributed by atoms with Crippen molar-refractivity contribution in [2.45, 2.75) is 64.3 Å². The van der Waals surface area contributed by atoms with E-state index < -0.39 is 65.0 Å². The van der Waals surface area contributed by atoms with E-state index in [4.69, 9.17) is 22.1 Å². The fourth-order valence-electron chi connectivity index (χ4n) is 4.24. The average Bonchev–Trinajstić information content (AvgIpc) is 2.91. The van der Waals surface area contributed by atoms with Crippen LogP contribution in [0.4, 0.5) is 13.2 Å². The number of benzene rings is 1. The average molecular weight is 615 g/mol. The predicted molar refractivity (Wildman–Crippen MR) is 148 cm³/mol. The highest BCUT2D eigenvalue weighted by molar-refractivity contribution is 6.31. The Bertz CT molecular complexity index is 1270. The van der Waals surface area contributed by atoms with Crippen molar-refractivity contribution in [3.05, 3.63) is 58.8 Å². The molecule has 1 aromatic carbocycles. The normalized spacial score (nSPS) is 18.7. The Labute approximate surface area is 246 Å². The van der Waals surface area contributed by atoms with Gasteiger partial charge in [0.05, 0.1) is 13.2 Å². The lowest BCUT2D eigenvalue weighted by molar-refractivity contribution is -0.175. The molecule has 0 aliphatic heterocycles. The molecule has 10 nitrogen and oxygen atoms in total. The summed E-state index contributed by atoms with van der Waals surface area (Å²) in [6.45, 7) is 4.25. The molecule has 0 heterocycles. The van der Waals surface area contributed by atoms with Crippen molar-refractivity contribution in [1.29, 1.82) is 0 Å². The summed E-state index contributed by atoms with van der Waals surface area (Å²) in [6, 6.07) is 1.03. The van der Waals surface area contributed by atoms with Crippen LogP contribution in [-0.2, 0) is 23.9 Å². The largest absolute Gasteiger partial charge is 0.497 e. The second-order valence-corrected chi connectivity index (χ2v) is 10.9. The maximum atomic E-state index is 13.5. The van der Waals surface area contributed by atoms with Crippen LogP contribution in [0.25, 0.3) is 0 Å². The van der Waals surface area contributed by atoms with Gasteiger partial charge in [0.15, 0.2) is 0 Å². The Morgan fingerprint density at radius 1 is 1.10 bits per heavy atom. The number of rotatable bonds is 13. The summed E-state index contributed by atoms with van der Waals surface area (Å²) in [4.78, 5) is 63.5. The number of hydrogen-bond donors (Lipinski definition) is 4. The van der Waals surface area contributed by atoms with E-state index in [-0.39, 0.29) is 29.8 Å². The zero-order valence-corrected chi connectivity index (χ0v) is 24.3. The smallest absolute Gasteiger partial charge is 0.452 e. The molecule has 0 saturated carbocycles. The van der Waals surface area contributed by atoms with Gasteiger partial charge in [-0.05, 0) is 49.1 Å². The monoisotopic (exact) mass is 614 g/mol. The molecular weight excluding hydrogens is 581 g/mol. The molecule has 1 aliphatic carbocycles. The second-order valence-electron chi connectivity index (χ2n) is 10.4. The number of ether oxygens (including phenoxy) is 1. The van der Waals surface area contributed by atoms with Gasteiger partial charge in [0.1, 0.15) is 17.8 Å². The molecular formula is C28H34ClF3N4O6. The van der Waals surface area contributed by atoms with Crippen LogP contribution in [-0.4, -0.2) is 60.8 Å². The van der Waals surface area contributed by atoms with Crippen LogP contribution >= 0.6 is 11.6 Å². The standard InChI is InChI=1S/C28H34ClF3N4O6/c1-15(2)21(23(38)28(30,31)32)35-26(41)22(27(3)12-10-18(42-4)11-13-27)36-25(40)19(8-9-20(33)37)34-24(39)16-6-5-7-17(29)14-16/h5-7,10-12,14-15,19,21-22H,8-9,13H2,1-4H3,(H2,33,37)(H,34,39)(H,35,41)(H,36,40)/t19-,21-,22+,27?/m0/s1. The minimum absolute atomic E-state index is 0.110. The highest BCUT2D eigenvalue weighted by Gasteiger charge is 2.47. The number of methoxy groups -OCH3 is 1. The Morgan fingerprint density at radius 3 is 2.26 bits per heavy atom.